The average molecular weight is 292 g/mol. The molecule has 0 spiro atoms. The van der Waals surface area contributed by atoms with E-state index in [-0.39, 0.29) is 0 Å². The van der Waals surface area contributed by atoms with Crippen LogP contribution >= 0.6 is 22.6 Å². The molecule has 13 heavy (non-hydrogen) atoms. The van der Waals surface area contributed by atoms with Crippen LogP contribution in [0.3, 0.4) is 0 Å². The van der Waals surface area contributed by atoms with E-state index in [4.69, 9.17) is 4.52 Å². The highest BCUT2D eigenvalue weighted by atomic mass is 127. The number of nitrogens with zero attached hydrogens (tertiary/aromatic N) is 2. The smallest absolute Gasteiger partial charge is 0.146 e. The zero-order chi connectivity index (χ0) is 9.68. The fourth-order valence-corrected chi connectivity index (χ4v) is 0.778. The van der Waals surface area contributed by atoms with E-state index in [0.717, 1.165) is 15.1 Å². The van der Waals surface area contributed by atoms with Crippen molar-refractivity contribution in [2.24, 2.45) is 0 Å². The summed E-state index contributed by atoms with van der Waals surface area (Å²) >= 11 is 2.16. The molecular weight excluding hydrogens is 283 g/mol. The third-order valence-electron chi connectivity index (χ3n) is 1.26. The number of halogens is 1. The van der Waals surface area contributed by atoms with Gasteiger partial charge in [-0.1, -0.05) is 10.3 Å². The lowest BCUT2D eigenvalue weighted by Crippen LogP contribution is -1.62. The van der Waals surface area contributed by atoms with Gasteiger partial charge in [-0.25, -0.2) is 0 Å². The van der Waals surface area contributed by atoms with E-state index in [1.54, 1.807) is 18.5 Å². The molecule has 2 aromatic heterocycles. The second-order valence-corrected chi connectivity index (χ2v) is 3.52. The van der Waals surface area contributed by atoms with Gasteiger partial charge >= 0.3 is 0 Å². The first-order chi connectivity index (χ1) is 6.20. The molecule has 0 saturated carbocycles. The van der Waals surface area contributed by atoms with E-state index in [9.17, 15) is 0 Å². The number of hydrogen-bond donors (Lipinski definition) is 0. The second-order valence-electron chi connectivity index (χ2n) is 2.35. The summed E-state index contributed by atoms with van der Waals surface area (Å²) in [5.74, 6) is 1.75. The summed E-state index contributed by atoms with van der Waals surface area (Å²) in [5, 5.41) is 6.99. The molecule has 0 radical (unpaired) electrons. The van der Waals surface area contributed by atoms with E-state index >= 15 is 0 Å². The van der Waals surface area contributed by atoms with Gasteiger partial charge in [0.2, 0.25) is 0 Å². The van der Waals surface area contributed by atoms with Crippen molar-refractivity contribution in [1.29, 1.82) is 0 Å². The quantitative estimate of drug-likeness (QED) is 0.700. The lowest BCUT2D eigenvalue weighted by molar-refractivity contribution is 0.396. The third-order valence-corrected chi connectivity index (χ3v) is 2.30. The molecule has 0 aliphatic heterocycles. The van der Waals surface area contributed by atoms with Gasteiger partial charge in [0.25, 0.3) is 0 Å². The summed E-state index contributed by atoms with van der Waals surface area (Å²) in [6.45, 7) is 3.74. The van der Waals surface area contributed by atoms with Gasteiger partial charge in [0.05, 0.1) is 16.0 Å². The zero-order valence-electron chi connectivity index (χ0n) is 7.32. The maximum absolute atomic E-state index is 4.71. The Morgan fingerprint density at radius 1 is 1.23 bits per heavy atom. The third kappa shape index (κ3) is 3.58. The first kappa shape index (κ1) is 10.2. The lowest BCUT2D eigenvalue weighted by atomic mass is 10.5. The number of aryl methyl sites for hydroxylation is 2. The molecule has 0 N–H and O–H groups in total. The second kappa shape index (κ2) is 5.00. The molecular formula is C8H9IN2O2. The van der Waals surface area contributed by atoms with Crippen LogP contribution in [-0.4, -0.2) is 10.3 Å². The molecule has 4 nitrogen and oxygen atoms in total. The number of aromatic nitrogens is 2. The average Bonchev–Trinajstić information content (AvgIpc) is 2.67. The van der Waals surface area contributed by atoms with Gasteiger partial charge in [-0.15, -0.1) is 0 Å². The van der Waals surface area contributed by atoms with E-state index in [1.165, 1.54) is 0 Å². The van der Waals surface area contributed by atoms with E-state index in [0.29, 0.717) is 0 Å². The van der Waals surface area contributed by atoms with Crippen LogP contribution in [0.25, 0.3) is 0 Å². The minimum absolute atomic E-state index is 0.856. The van der Waals surface area contributed by atoms with Crippen molar-refractivity contribution in [2.45, 2.75) is 13.8 Å². The summed E-state index contributed by atoms with van der Waals surface area (Å²) < 4.78 is 10.4. The first-order valence-electron chi connectivity index (χ1n) is 3.64. The minimum Gasteiger partial charge on any atom is -0.362 e. The molecule has 0 aliphatic rings. The van der Waals surface area contributed by atoms with Crippen molar-refractivity contribution in [3.8, 4) is 0 Å². The molecule has 0 aromatic carbocycles. The van der Waals surface area contributed by atoms with Crippen molar-refractivity contribution in [3.05, 3.63) is 33.6 Å². The molecule has 2 heterocycles. The summed E-state index contributed by atoms with van der Waals surface area (Å²) in [6.07, 6.45) is 3.31. The van der Waals surface area contributed by atoms with Gasteiger partial charge in [0, 0.05) is 6.07 Å². The fourth-order valence-electron chi connectivity index (χ4n) is 0.566. The van der Waals surface area contributed by atoms with Gasteiger partial charge in [-0.3, -0.25) is 0 Å². The van der Waals surface area contributed by atoms with Crippen LogP contribution in [0, 0.1) is 17.4 Å². The molecule has 0 atom stereocenters. The van der Waals surface area contributed by atoms with Crippen LogP contribution in [0.2, 0.25) is 0 Å². The highest BCUT2D eigenvalue weighted by Crippen LogP contribution is 2.07. The van der Waals surface area contributed by atoms with Crippen LogP contribution in [-0.2, 0) is 0 Å². The maximum Gasteiger partial charge on any atom is 0.146 e. The standard InChI is InChI=1S/C4H4INO.C4H5NO/c1-3-4(5)2-6-7-3;1-4-2-3-5-6-4/h2H,1H3;2-3H,1H3. The maximum atomic E-state index is 4.71. The number of rotatable bonds is 0. The Bertz CT molecular complexity index is 326. The Morgan fingerprint density at radius 3 is 2.15 bits per heavy atom. The Labute approximate surface area is 89.4 Å². The van der Waals surface area contributed by atoms with Gasteiger partial charge in [0.15, 0.2) is 0 Å². The summed E-state index contributed by atoms with van der Waals surface area (Å²) in [7, 11) is 0. The SMILES string of the molecule is Cc1ccno1.Cc1oncc1I. The Balaban J connectivity index is 0.000000132. The van der Waals surface area contributed by atoms with E-state index < -0.39 is 0 Å². The zero-order valence-corrected chi connectivity index (χ0v) is 9.48. The van der Waals surface area contributed by atoms with Crippen molar-refractivity contribution in [1.82, 2.24) is 10.3 Å². The molecule has 5 heteroatoms. The van der Waals surface area contributed by atoms with Crippen molar-refractivity contribution >= 4 is 22.6 Å². The molecule has 2 rings (SSSR count). The van der Waals surface area contributed by atoms with Crippen molar-refractivity contribution in [3.63, 3.8) is 0 Å². The van der Waals surface area contributed by atoms with Crippen LogP contribution in [0.5, 0.6) is 0 Å². The minimum atomic E-state index is 0.856. The summed E-state index contributed by atoms with van der Waals surface area (Å²) in [5.41, 5.74) is 0. The van der Waals surface area contributed by atoms with Crippen LogP contribution < -0.4 is 0 Å². The molecule has 2 aromatic rings. The Kier molecular flexibility index (Phi) is 3.94. The molecule has 0 saturated heterocycles. The van der Waals surface area contributed by atoms with Gasteiger partial charge in [0.1, 0.15) is 11.5 Å². The largest absolute Gasteiger partial charge is 0.362 e. The predicted octanol–water partition coefficient (Wildman–Crippen LogP) is 2.57. The topological polar surface area (TPSA) is 52.1 Å². The molecule has 70 valence electrons. The molecule has 0 fully saturated rings. The highest BCUT2D eigenvalue weighted by molar-refractivity contribution is 14.1. The Morgan fingerprint density at radius 2 is 2.00 bits per heavy atom. The lowest BCUT2D eigenvalue weighted by Gasteiger charge is -1.73. The molecule has 0 aliphatic carbocycles. The van der Waals surface area contributed by atoms with Gasteiger partial charge < -0.3 is 9.05 Å². The molecule has 0 amide bonds. The number of hydrogen-bond acceptors (Lipinski definition) is 4. The van der Waals surface area contributed by atoms with E-state index in [1.807, 2.05) is 13.8 Å². The Hall–Kier alpha value is -0.850. The van der Waals surface area contributed by atoms with Crippen LogP contribution in [0.4, 0.5) is 0 Å². The van der Waals surface area contributed by atoms with Gasteiger partial charge in [-0.2, -0.15) is 0 Å². The van der Waals surface area contributed by atoms with Crippen molar-refractivity contribution in [2.75, 3.05) is 0 Å². The van der Waals surface area contributed by atoms with Crippen molar-refractivity contribution < 1.29 is 9.05 Å². The first-order valence-corrected chi connectivity index (χ1v) is 4.72. The van der Waals surface area contributed by atoms with Crippen LogP contribution in [0.1, 0.15) is 11.5 Å². The van der Waals surface area contributed by atoms with E-state index in [2.05, 4.69) is 37.4 Å². The molecule has 0 bridgehead atoms. The van der Waals surface area contributed by atoms with Gasteiger partial charge in [-0.05, 0) is 36.4 Å². The summed E-state index contributed by atoms with van der Waals surface area (Å²) in [4.78, 5) is 0. The normalized spacial score (nSPS) is 9.15. The monoisotopic (exact) mass is 292 g/mol. The predicted molar refractivity (Wildman–Crippen MR) is 55.2 cm³/mol. The summed E-state index contributed by atoms with van der Waals surface area (Å²) in [6, 6.07) is 1.81. The fraction of sp³-hybridized carbons (Fsp3) is 0.250. The molecule has 0 unspecified atom stereocenters. The van der Waals surface area contributed by atoms with Crippen LogP contribution in [0.15, 0.2) is 27.5 Å². The highest BCUT2D eigenvalue weighted by Gasteiger charge is 1.93.